The Morgan fingerprint density at radius 1 is 1.39 bits per heavy atom. The lowest BCUT2D eigenvalue weighted by Gasteiger charge is -2.06. The first-order chi connectivity index (χ1) is 11.0. The number of phenols is 1. The molecule has 0 spiro atoms. The zero-order valence-electron chi connectivity index (χ0n) is 12.2. The molecular formula is C16H14BrClN2O3. The molecular weight excluding hydrogens is 384 g/mol. The van der Waals surface area contributed by atoms with Crippen molar-refractivity contribution >= 4 is 39.7 Å². The third kappa shape index (κ3) is 5.26. The summed E-state index contributed by atoms with van der Waals surface area (Å²) >= 11 is 9.24. The first-order valence-corrected chi connectivity index (χ1v) is 7.82. The van der Waals surface area contributed by atoms with E-state index in [1.807, 2.05) is 6.92 Å². The Kier molecular flexibility index (Phi) is 6.01. The van der Waals surface area contributed by atoms with Crippen molar-refractivity contribution in [1.82, 2.24) is 5.43 Å². The quantitative estimate of drug-likeness (QED) is 0.598. The van der Waals surface area contributed by atoms with Gasteiger partial charge < -0.3 is 9.84 Å². The van der Waals surface area contributed by atoms with Gasteiger partial charge in [0.25, 0.3) is 5.91 Å². The molecule has 2 rings (SSSR count). The Morgan fingerprint density at radius 2 is 2.17 bits per heavy atom. The van der Waals surface area contributed by atoms with E-state index in [0.29, 0.717) is 16.3 Å². The summed E-state index contributed by atoms with van der Waals surface area (Å²) in [5.74, 6) is 0.273. The van der Waals surface area contributed by atoms with Gasteiger partial charge in [0, 0.05) is 15.1 Å². The van der Waals surface area contributed by atoms with Gasteiger partial charge in [-0.15, -0.1) is 0 Å². The van der Waals surface area contributed by atoms with Gasteiger partial charge in [0.15, 0.2) is 6.61 Å². The summed E-state index contributed by atoms with van der Waals surface area (Å²) in [6.07, 6.45) is 1.42. The number of hydrogen-bond donors (Lipinski definition) is 2. The fourth-order valence-corrected chi connectivity index (χ4v) is 2.16. The molecule has 0 aliphatic heterocycles. The summed E-state index contributed by atoms with van der Waals surface area (Å²) < 4.78 is 6.11. The molecule has 0 heterocycles. The minimum Gasteiger partial charge on any atom is -0.508 e. The number of hydrogen-bond acceptors (Lipinski definition) is 4. The summed E-state index contributed by atoms with van der Waals surface area (Å²) in [5.41, 5.74) is 3.86. The summed E-state index contributed by atoms with van der Waals surface area (Å²) in [4.78, 5) is 11.7. The smallest absolute Gasteiger partial charge is 0.277 e. The van der Waals surface area contributed by atoms with Crippen molar-refractivity contribution in [3.05, 3.63) is 57.0 Å². The number of nitrogens with zero attached hydrogens (tertiary/aromatic N) is 1. The number of ether oxygens (including phenoxy) is 1. The van der Waals surface area contributed by atoms with Gasteiger partial charge in [-0.2, -0.15) is 5.10 Å². The van der Waals surface area contributed by atoms with Crippen LogP contribution in [0.3, 0.4) is 0 Å². The lowest BCUT2D eigenvalue weighted by Crippen LogP contribution is -2.24. The van der Waals surface area contributed by atoms with E-state index < -0.39 is 5.91 Å². The van der Waals surface area contributed by atoms with Crippen molar-refractivity contribution in [3.63, 3.8) is 0 Å². The number of phenolic OH excluding ortho intramolecular Hbond substituents is 1. The topological polar surface area (TPSA) is 70.9 Å². The Bertz CT molecular complexity index is 750. The molecule has 0 aliphatic carbocycles. The van der Waals surface area contributed by atoms with Crippen molar-refractivity contribution in [2.45, 2.75) is 6.92 Å². The van der Waals surface area contributed by atoms with Crippen LogP contribution in [0.1, 0.15) is 11.1 Å². The van der Waals surface area contributed by atoms with Gasteiger partial charge in [-0.25, -0.2) is 5.43 Å². The summed E-state index contributed by atoms with van der Waals surface area (Å²) in [6.45, 7) is 1.69. The normalized spacial score (nSPS) is 10.7. The minimum atomic E-state index is -0.398. The average molecular weight is 398 g/mol. The number of carbonyl (C=O) groups excluding carboxylic acids is 1. The highest BCUT2D eigenvalue weighted by Gasteiger charge is 2.03. The highest BCUT2D eigenvalue weighted by Crippen LogP contribution is 2.21. The van der Waals surface area contributed by atoms with E-state index in [0.717, 1.165) is 10.0 Å². The van der Waals surface area contributed by atoms with Crippen LogP contribution in [0, 0.1) is 6.92 Å². The van der Waals surface area contributed by atoms with Crippen LogP contribution < -0.4 is 10.2 Å². The van der Waals surface area contributed by atoms with Crippen LogP contribution in [0.25, 0.3) is 0 Å². The number of benzene rings is 2. The highest BCUT2D eigenvalue weighted by molar-refractivity contribution is 9.10. The van der Waals surface area contributed by atoms with Crippen LogP contribution >= 0.6 is 27.5 Å². The fraction of sp³-hybridized carbons (Fsp3) is 0.125. The predicted octanol–water partition coefficient (Wildman–Crippen LogP) is 3.65. The van der Waals surface area contributed by atoms with Gasteiger partial charge in [0.05, 0.1) is 6.21 Å². The molecule has 5 nitrogen and oxygen atoms in total. The third-order valence-corrected chi connectivity index (χ3v) is 4.02. The molecule has 0 atom stereocenters. The van der Waals surface area contributed by atoms with E-state index in [1.54, 1.807) is 30.3 Å². The molecule has 1 amide bonds. The summed E-state index contributed by atoms with van der Waals surface area (Å²) in [6, 6.07) is 9.90. The molecule has 23 heavy (non-hydrogen) atoms. The van der Waals surface area contributed by atoms with E-state index in [9.17, 15) is 9.90 Å². The number of halogens is 2. The van der Waals surface area contributed by atoms with E-state index in [-0.39, 0.29) is 12.4 Å². The average Bonchev–Trinajstić information content (AvgIpc) is 2.52. The number of aromatic hydroxyl groups is 1. The first kappa shape index (κ1) is 17.3. The Morgan fingerprint density at radius 3 is 2.91 bits per heavy atom. The Labute approximate surface area is 147 Å². The molecule has 2 aromatic carbocycles. The molecule has 0 bridgehead atoms. The van der Waals surface area contributed by atoms with Crippen LogP contribution in [0.4, 0.5) is 0 Å². The molecule has 0 aromatic heterocycles. The highest BCUT2D eigenvalue weighted by atomic mass is 79.9. The standard InChI is InChI=1S/C16H14BrClN2O3/c1-10-6-13(3-5-15(10)18)23-9-16(22)20-19-8-11-7-12(21)2-4-14(11)17/h2-8,21H,9H2,1H3,(H,20,22)/b19-8+. The zero-order chi connectivity index (χ0) is 16.8. The number of hydrazone groups is 1. The third-order valence-electron chi connectivity index (χ3n) is 2.87. The largest absolute Gasteiger partial charge is 0.508 e. The van der Waals surface area contributed by atoms with Crippen LogP contribution in [0.2, 0.25) is 5.02 Å². The lowest BCUT2D eigenvalue weighted by atomic mass is 10.2. The zero-order valence-corrected chi connectivity index (χ0v) is 14.6. The predicted molar refractivity (Wildman–Crippen MR) is 93.2 cm³/mol. The second-order valence-corrected chi connectivity index (χ2v) is 5.96. The maximum absolute atomic E-state index is 11.7. The van der Waals surface area contributed by atoms with Crippen molar-refractivity contribution in [2.24, 2.45) is 5.10 Å². The SMILES string of the molecule is Cc1cc(OCC(=O)N/N=C/c2cc(O)ccc2Br)ccc1Cl. The van der Waals surface area contributed by atoms with Crippen LogP contribution in [-0.4, -0.2) is 23.8 Å². The monoisotopic (exact) mass is 396 g/mol. The molecule has 0 radical (unpaired) electrons. The van der Waals surface area contributed by atoms with Crippen LogP contribution in [-0.2, 0) is 4.79 Å². The second kappa shape index (κ2) is 7.99. The summed E-state index contributed by atoms with van der Waals surface area (Å²) in [7, 11) is 0. The molecule has 2 aromatic rings. The Hall–Kier alpha value is -2.05. The van der Waals surface area contributed by atoms with Crippen molar-refractivity contribution in [2.75, 3.05) is 6.61 Å². The van der Waals surface area contributed by atoms with Crippen molar-refractivity contribution in [3.8, 4) is 11.5 Å². The van der Waals surface area contributed by atoms with Crippen LogP contribution in [0.5, 0.6) is 11.5 Å². The van der Waals surface area contributed by atoms with E-state index in [1.165, 1.54) is 12.3 Å². The number of amides is 1. The Balaban J connectivity index is 1.86. The first-order valence-electron chi connectivity index (χ1n) is 6.65. The number of aryl methyl sites for hydroxylation is 1. The van der Waals surface area contributed by atoms with Crippen LogP contribution in [0.15, 0.2) is 46.0 Å². The van der Waals surface area contributed by atoms with E-state index in [4.69, 9.17) is 16.3 Å². The van der Waals surface area contributed by atoms with Gasteiger partial charge in [-0.3, -0.25) is 4.79 Å². The molecule has 0 saturated carbocycles. The molecule has 0 aliphatic rings. The fourth-order valence-electron chi connectivity index (χ4n) is 1.69. The maximum Gasteiger partial charge on any atom is 0.277 e. The molecule has 0 unspecified atom stereocenters. The molecule has 0 fully saturated rings. The van der Waals surface area contributed by atoms with Crippen molar-refractivity contribution < 1.29 is 14.6 Å². The van der Waals surface area contributed by atoms with Gasteiger partial charge in [-0.1, -0.05) is 27.5 Å². The molecule has 120 valence electrons. The second-order valence-electron chi connectivity index (χ2n) is 4.70. The number of nitrogens with one attached hydrogen (secondary N) is 1. The van der Waals surface area contributed by atoms with Gasteiger partial charge in [0.2, 0.25) is 0 Å². The van der Waals surface area contributed by atoms with Gasteiger partial charge in [0.1, 0.15) is 11.5 Å². The van der Waals surface area contributed by atoms with E-state index >= 15 is 0 Å². The molecule has 0 saturated heterocycles. The number of rotatable bonds is 5. The minimum absolute atomic E-state index is 0.113. The molecule has 7 heteroatoms. The summed E-state index contributed by atoms with van der Waals surface area (Å²) in [5, 5.41) is 13.9. The maximum atomic E-state index is 11.7. The molecule has 2 N–H and O–H groups in total. The van der Waals surface area contributed by atoms with E-state index in [2.05, 4.69) is 26.5 Å². The lowest BCUT2D eigenvalue weighted by molar-refractivity contribution is -0.123. The van der Waals surface area contributed by atoms with Gasteiger partial charge >= 0.3 is 0 Å². The van der Waals surface area contributed by atoms with Crippen molar-refractivity contribution in [1.29, 1.82) is 0 Å². The number of carbonyl (C=O) groups is 1. The van der Waals surface area contributed by atoms with Gasteiger partial charge in [-0.05, 0) is 48.9 Å².